The van der Waals surface area contributed by atoms with E-state index >= 15 is 0 Å². The third kappa shape index (κ3) is 6.15. The third-order valence-electron chi connectivity index (χ3n) is 7.73. The lowest BCUT2D eigenvalue weighted by Crippen LogP contribution is -2.51. The van der Waals surface area contributed by atoms with Gasteiger partial charge in [-0.2, -0.15) is 0 Å². The number of hydrogen-bond donors (Lipinski definition) is 0. The second kappa shape index (κ2) is 11.8. The third-order valence-corrected chi connectivity index (χ3v) is 8.04. The summed E-state index contributed by atoms with van der Waals surface area (Å²) < 4.78 is 13.0. The summed E-state index contributed by atoms with van der Waals surface area (Å²) in [6.45, 7) is 8.70. The maximum absolute atomic E-state index is 13.3. The molecule has 43 heavy (non-hydrogen) atoms. The van der Waals surface area contributed by atoms with Gasteiger partial charge in [0.1, 0.15) is 17.0 Å². The molecule has 2 aliphatic rings. The van der Waals surface area contributed by atoms with Gasteiger partial charge in [0.15, 0.2) is 0 Å². The number of amides is 3. The van der Waals surface area contributed by atoms with Crippen molar-refractivity contribution in [2.24, 2.45) is 7.05 Å². The van der Waals surface area contributed by atoms with Gasteiger partial charge in [0.2, 0.25) is 0 Å². The molecule has 1 aromatic heterocycles. The molecule has 11 heteroatoms. The number of nitrogens with zero attached hydrogens (tertiary/aromatic N) is 5. The second-order valence-electron chi connectivity index (χ2n) is 11.9. The molecule has 2 saturated heterocycles. The van der Waals surface area contributed by atoms with Gasteiger partial charge in [0.05, 0.1) is 17.8 Å². The fraction of sp³-hybridized carbons (Fsp3) is 0.406. The van der Waals surface area contributed by atoms with E-state index in [0.717, 1.165) is 22.3 Å². The van der Waals surface area contributed by atoms with Crippen molar-refractivity contribution >= 4 is 35.1 Å². The number of carbonyl (C=O) groups excluding carboxylic acids is 2. The van der Waals surface area contributed by atoms with Crippen molar-refractivity contribution in [3.63, 3.8) is 0 Å². The van der Waals surface area contributed by atoms with E-state index in [1.807, 2.05) is 68.1 Å². The van der Waals surface area contributed by atoms with Gasteiger partial charge in [-0.1, -0.05) is 35.9 Å². The summed E-state index contributed by atoms with van der Waals surface area (Å²) in [5.41, 5.74) is 3.86. The minimum atomic E-state index is -0.566. The first kappa shape index (κ1) is 30.3. The van der Waals surface area contributed by atoms with Crippen molar-refractivity contribution in [1.29, 1.82) is 0 Å². The summed E-state index contributed by atoms with van der Waals surface area (Å²) in [7, 11) is 5.13. The average Bonchev–Trinajstić information content (AvgIpc) is 3.30. The van der Waals surface area contributed by atoms with Gasteiger partial charge < -0.3 is 28.7 Å². The highest BCUT2D eigenvalue weighted by Gasteiger charge is 2.29. The molecule has 0 radical (unpaired) electrons. The van der Waals surface area contributed by atoms with Crippen LogP contribution in [0.2, 0.25) is 5.02 Å². The Labute approximate surface area is 256 Å². The molecule has 0 saturated carbocycles. The summed E-state index contributed by atoms with van der Waals surface area (Å²) >= 11 is 6.70. The first-order valence-electron chi connectivity index (χ1n) is 14.3. The summed E-state index contributed by atoms with van der Waals surface area (Å²) in [4.78, 5) is 45.4. The molecule has 0 bridgehead atoms. The molecule has 0 atom stereocenters. The van der Waals surface area contributed by atoms with Gasteiger partial charge in [-0.25, -0.2) is 9.59 Å². The lowest BCUT2D eigenvalue weighted by atomic mass is 9.97. The fourth-order valence-corrected chi connectivity index (χ4v) is 5.78. The number of carbonyl (C=O) groups is 2. The van der Waals surface area contributed by atoms with Crippen LogP contribution in [-0.4, -0.2) is 85.5 Å². The number of aromatic nitrogens is 1. The Kier molecular flexibility index (Phi) is 8.34. The van der Waals surface area contributed by atoms with E-state index in [4.69, 9.17) is 21.1 Å². The number of benzene rings is 2. The fourth-order valence-electron chi connectivity index (χ4n) is 5.50. The average molecular weight is 608 g/mol. The van der Waals surface area contributed by atoms with E-state index in [0.29, 0.717) is 61.4 Å². The minimum absolute atomic E-state index is 0.0778. The molecule has 10 nitrogen and oxygen atoms in total. The first-order valence-corrected chi connectivity index (χ1v) is 14.7. The smallest absolute Gasteiger partial charge is 0.410 e. The van der Waals surface area contributed by atoms with Crippen LogP contribution in [0.4, 0.5) is 21.0 Å². The van der Waals surface area contributed by atoms with Crippen LogP contribution >= 0.6 is 11.6 Å². The number of para-hydroxylation sites is 1. The summed E-state index contributed by atoms with van der Waals surface area (Å²) in [6.07, 6.45) is 1.46. The number of piperazine rings is 1. The molecule has 0 N–H and O–H groups in total. The van der Waals surface area contributed by atoms with E-state index < -0.39 is 5.60 Å². The Morgan fingerprint density at radius 3 is 2.12 bits per heavy atom. The zero-order valence-corrected chi connectivity index (χ0v) is 26.3. The lowest BCUT2D eigenvalue weighted by molar-refractivity contribution is 0.0240. The van der Waals surface area contributed by atoms with Crippen LogP contribution in [-0.2, 0) is 11.8 Å². The van der Waals surface area contributed by atoms with Gasteiger partial charge in [0, 0.05) is 76.3 Å². The van der Waals surface area contributed by atoms with Gasteiger partial charge in [-0.3, -0.25) is 9.69 Å². The molecule has 3 amide bonds. The largest absolute Gasteiger partial charge is 0.495 e. The Morgan fingerprint density at radius 2 is 1.53 bits per heavy atom. The van der Waals surface area contributed by atoms with Crippen LogP contribution in [0.25, 0.3) is 22.3 Å². The number of urea groups is 1. The number of hydrogen-bond acceptors (Lipinski definition) is 6. The van der Waals surface area contributed by atoms with Crippen LogP contribution in [0.1, 0.15) is 20.8 Å². The number of rotatable bonds is 5. The van der Waals surface area contributed by atoms with Crippen LogP contribution in [0.3, 0.4) is 0 Å². The number of aryl methyl sites for hydroxylation is 1. The molecule has 2 fully saturated rings. The predicted octanol–water partition coefficient (Wildman–Crippen LogP) is 5.31. The Morgan fingerprint density at radius 1 is 0.860 bits per heavy atom. The number of methoxy groups -OCH3 is 1. The zero-order chi connectivity index (χ0) is 31.1. The Balaban J connectivity index is 1.44. The summed E-state index contributed by atoms with van der Waals surface area (Å²) in [5.74, 6) is 0.641. The Hall–Kier alpha value is -4.18. The molecule has 3 aromatic rings. The van der Waals surface area contributed by atoms with Gasteiger partial charge in [-0.05, 0) is 44.5 Å². The van der Waals surface area contributed by atoms with Crippen molar-refractivity contribution in [2.75, 3.05) is 63.2 Å². The molecule has 228 valence electrons. The first-order chi connectivity index (χ1) is 20.4. The van der Waals surface area contributed by atoms with Crippen LogP contribution in [0.5, 0.6) is 5.75 Å². The number of halogens is 1. The monoisotopic (exact) mass is 607 g/mol. The van der Waals surface area contributed by atoms with Gasteiger partial charge in [0.25, 0.3) is 5.56 Å². The van der Waals surface area contributed by atoms with Crippen LogP contribution < -0.4 is 20.1 Å². The molecule has 0 spiro atoms. The van der Waals surface area contributed by atoms with E-state index in [-0.39, 0.29) is 17.7 Å². The maximum Gasteiger partial charge on any atom is 0.410 e. The highest BCUT2D eigenvalue weighted by Crippen LogP contribution is 2.41. The molecule has 5 rings (SSSR count). The minimum Gasteiger partial charge on any atom is -0.495 e. The number of anilines is 2. The number of likely N-dealkylation sites (N-methyl/N-ethyl adjacent to an activating group) is 1. The quantitative estimate of drug-likeness (QED) is 0.391. The molecular weight excluding hydrogens is 570 g/mol. The number of ether oxygens (including phenoxy) is 2. The van der Waals surface area contributed by atoms with Gasteiger partial charge >= 0.3 is 12.1 Å². The number of pyridine rings is 1. The molecule has 2 aliphatic heterocycles. The van der Waals surface area contributed by atoms with E-state index in [9.17, 15) is 14.4 Å². The molecule has 0 unspecified atom stereocenters. The summed E-state index contributed by atoms with van der Waals surface area (Å²) in [5, 5.41) is 0.475. The maximum atomic E-state index is 13.3. The SMILES string of the molecule is COc1c(-c2ccc(N3CCN(C)C3=O)c(Cl)c2)cccc1-c1cc(N2CCN(C(=O)OC(C)(C)C)CC2)c(=O)n(C)c1. The second-order valence-corrected chi connectivity index (χ2v) is 12.3. The van der Waals surface area contributed by atoms with Crippen molar-refractivity contribution in [3.8, 4) is 28.0 Å². The van der Waals surface area contributed by atoms with Crippen molar-refractivity contribution in [2.45, 2.75) is 26.4 Å². The molecule has 3 heterocycles. The normalized spacial score (nSPS) is 15.7. The molecule has 2 aromatic carbocycles. The zero-order valence-electron chi connectivity index (χ0n) is 25.5. The highest BCUT2D eigenvalue weighted by atomic mass is 35.5. The van der Waals surface area contributed by atoms with E-state index in [2.05, 4.69) is 0 Å². The topological polar surface area (TPSA) is 87.6 Å². The predicted molar refractivity (Wildman–Crippen MR) is 170 cm³/mol. The standard InChI is InChI=1S/C32H38ClN5O5/c1-32(2,3)43-31(41)37-15-13-36(14-16-37)27-19-22(20-35(5)29(27)39)24-9-7-8-23(28(24)42-6)21-10-11-26(25(33)18-21)38-17-12-34(4)30(38)40/h7-11,18-20H,12-17H2,1-6H3. The Bertz CT molecular complexity index is 1610. The molecular formula is C32H38ClN5O5. The van der Waals surface area contributed by atoms with Crippen LogP contribution in [0.15, 0.2) is 53.5 Å². The lowest BCUT2D eigenvalue weighted by Gasteiger charge is -2.36. The van der Waals surface area contributed by atoms with Crippen molar-refractivity contribution in [1.82, 2.24) is 14.4 Å². The van der Waals surface area contributed by atoms with Crippen LogP contribution in [0, 0.1) is 0 Å². The van der Waals surface area contributed by atoms with Gasteiger partial charge in [-0.15, -0.1) is 0 Å². The van der Waals surface area contributed by atoms with Crippen molar-refractivity contribution in [3.05, 3.63) is 64.0 Å². The highest BCUT2D eigenvalue weighted by molar-refractivity contribution is 6.34. The van der Waals surface area contributed by atoms with Crippen molar-refractivity contribution < 1.29 is 19.1 Å². The summed E-state index contributed by atoms with van der Waals surface area (Å²) in [6, 6.07) is 13.3. The molecule has 0 aliphatic carbocycles. The van der Waals surface area contributed by atoms with E-state index in [1.54, 1.807) is 46.7 Å². The van der Waals surface area contributed by atoms with E-state index in [1.165, 1.54) is 0 Å².